The van der Waals surface area contributed by atoms with Crippen LogP contribution in [0.3, 0.4) is 0 Å². The maximum Gasteiger partial charge on any atom is 0.132 e. The lowest BCUT2D eigenvalue weighted by molar-refractivity contribution is 0.276. The number of hydrogen-bond donors (Lipinski definition) is 2. The van der Waals surface area contributed by atoms with Gasteiger partial charge in [-0.1, -0.05) is 24.3 Å². The van der Waals surface area contributed by atoms with E-state index in [0.29, 0.717) is 5.75 Å². The summed E-state index contributed by atoms with van der Waals surface area (Å²) in [6.07, 6.45) is 0. The number of aliphatic hydroxyl groups is 1. The van der Waals surface area contributed by atoms with Gasteiger partial charge in [-0.3, -0.25) is 0 Å². The summed E-state index contributed by atoms with van der Waals surface area (Å²) < 4.78 is 5.83. The van der Waals surface area contributed by atoms with Gasteiger partial charge in [0.2, 0.25) is 0 Å². The topological polar surface area (TPSA) is 41.5 Å². The molecular formula is C16H19NO2. The van der Waals surface area contributed by atoms with E-state index in [9.17, 15) is 5.11 Å². The minimum atomic E-state index is -0.0208. The molecule has 0 aromatic heterocycles. The molecule has 0 heterocycles. The van der Waals surface area contributed by atoms with Gasteiger partial charge >= 0.3 is 0 Å². The summed E-state index contributed by atoms with van der Waals surface area (Å²) in [5.74, 6) is 1.49. The Balaban J connectivity index is 2.21. The zero-order valence-corrected chi connectivity index (χ0v) is 11.3. The van der Waals surface area contributed by atoms with Gasteiger partial charge in [0, 0.05) is 12.1 Å². The zero-order valence-electron chi connectivity index (χ0n) is 11.3. The molecule has 2 aromatic carbocycles. The number of para-hydroxylation sites is 1. The standard InChI is InChI=1S/C16H19NO2/c1-12-9-15(8-7-13(12)10-17-2)19-16-6-4-3-5-14(16)11-18/h3-9,17-18H,10-11H2,1-2H3. The highest BCUT2D eigenvalue weighted by molar-refractivity contribution is 5.40. The van der Waals surface area contributed by atoms with Gasteiger partial charge in [-0.2, -0.15) is 0 Å². The van der Waals surface area contributed by atoms with Gasteiger partial charge in [0.05, 0.1) is 6.61 Å². The first-order valence-electron chi connectivity index (χ1n) is 6.35. The van der Waals surface area contributed by atoms with Crippen molar-refractivity contribution in [3.8, 4) is 11.5 Å². The average molecular weight is 257 g/mol. The molecule has 2 rings (SSSR count). The molecule has 0 unspecified atom stereocenters. The van der Waals surface area contributed by atoms with Gasteiger partial charge in [0.1, 0.15) is 11.5 Å². The fraction of sp³-hybridized carbons (Fsp3) is 0.250. The van der Waals surface area contributed by atoms with Crippen molar-refractivity contribution in [3.05, 3.63) is 59.2 Å². The second-order valence-electron chi connectivity index (χ2n) is 4.49. The molecule has 0 bridgehead atoms. The van der Waals surface area contributed by atoms with Gasteiger partial charge in [-0.15, -0.1) is 0 Å². The number of rotatable bonds is 5. The number of ether oxygens (including phenoxy) is 1. The molecule has 0 saturated carbocycles. The van der Waals surface area contributed by atoms with E-state index in [1.807, 2.05) is 43.4 Å². The Hall–Kier alpha value is -1.84. The van der Waals surface area contributed by atoms with Gasteiger partial charge in [-0.05, 0) is 43.3 Å². The van der Waals surface area contributed by atoms with E-state index in [0.717, 1.165) is 17.9 Å². The summed E-state index contributed by atoms with van der Waals surface area (Å²) in [7, 11) is 1.93. The molecule has 3 nitrogen and oxygen atoms in total. The third-order valence-electron chi connectivity index (χ3n) is 3.05. The Labute approximate surface area is 113 Å². The molecule has 0 saturated heterocycles. The van der Waals surface area contributed by atoms with Crippen LogP contribution in [0.2, 0.25) is 0 Å². The van der Waals surface area contributed by atoms with Crippen LogP contribution in [0.4, 0.5) is 0 Å². The van der Waals surface area contributed by atoms with Crippen LogP contribution in [0.25, 0.3) is 0 Å². The van der Waals surface area contributed by atoms with Crippen LogP contribution in [-0.4, -0.2) is 12.2 Å². The van der Waals surface area contributed by atoms with Crippen LogP contribution < -0.4 is 10.1 Å². The molecule has 100 valence electrons. The van der Waals surface area contributed by atoms with Gasteiger partial charge in [0.15, 0.2) is 0 Å². The molecule has 0 fully saturated rings. The van der Waals surface area contributed by atoms with Gasteiger partial charge < -0.3 is 15.2 Å². The first kappa shape index (κ1) is 13.6. The van der Waals surface area contributed by atoms with Crippen LogP contribution in [-0.2, 0) is 13.2 Å². The fourth-order valence-corrected chi connectivity index (χ4v) is 1.98. The van der Waals surface area contributed by atoms with E-state index in [4.69, 9.17) is 4.74 Å². The van der Waals surface area contributed by atoms with Crippen molar-refractivity contribution in [2.75, 3.05) is 7.05 Å². The maximum atomic E-state index is 9.28. The first-order chi connectivity index (χ1) is 9.24. The van der Waals surface area contributed by atoms with Crippen molar-refractivity contribution in [2.45, 2.75) is 20.1 Å². The van der Waals surface area contributed by atoms with E-state index in [-0.39, 0.29) is 6.61 Å². The van der Waals surface area contributed by atoms with Crippen LogP contribution >= 0.6 is 0 Å². The number of aryl methyl sites for hydroxylation is 1. The van der Waals surface area contributed by atoms with E-state index < -0.39 is 0 Å². The second kappa shape index (κ2) is 6.36. The van der Waals surface area contributed by atoms with E-state index in [2.05, 4.69) is 18.3 Å². The second-order valence-corrected chi connectivity index (χ2v) is 4.49. The van der Waals surface area contributed by atoms with Crippen molar-refractivity contribution in [3.63, 3.8) is 0 Å². The maximum absolute atomic E-state index is 9.28. The largest absolute Gasteiger partial charge is 0.457 e. The van der Waals surface area contributed by atoms with Crippen molar-refractivity contribution < 1.29 is 9.84 Å². The highest BCUT2D eigenvalue weighted by atomic mass is 16.5. The van der Waals surface area contributed by atoms with E-state index in [1.165, 1.54) is 11.1 Å². The van der Waals surface area contributed by atoms with Crippen molar-refractivity contribution in [1.82, 2.24) is 5.32 Å². The summed E-state index contributed by atoms with van der Waals surface area (Å²) in [5, 5.41) is 12.4. The number of hydrogen-bond acceptors (Lipinski definition) is 3. The zero-order chi connectivity index (χ0) is 13.7. The molecule has 0 spiro atoms. The lowest BCUT2D eigenvalue weighted by Crippen LogP contribution is -2.06. The number of aliphatic hydroxyl groups excluding tert-OH is 1. The van der Waals surface area contributed by atoms with Gasteiger partial charge in [0.25, 0.3) is 0 Å². The Morgan fingerprint density at radius 1 is 1.11 bits per heavy atom. The predicted octanol–water partition coefficient (Wildman–Crippen LogP) is 3.00. The average Bonchev–Trinajstić information content (AvgIpc) is 2.43. The summed E-state index contributed by atoms with van der Waals surface area (Å²) in [4.78, 5) is 0. The quantitative estimate of drug-likeness (QED) is 0.865. The molecule has 0 aliphatic carbocycles. The van der Waals surface area contributed by atoms with Crippen molar-refractivity contribution >= 4 is 0 Å². The predicted molar refractivity (Wildman–Crippen MR) is 76.4 cm³/mol. The van der Waals surface area contributed by atoms with Gasteiger partial charge in [-0.25, -0.2) is 0 Å². The molecular weight excluding hydrogens is 238 g/mol. The van der Waals surface area contributed by atoms with Crippen LogP contribution in [0.15, 0.2) is 42.5 Å². The molecule has 2 aromatic rings. The minimum absolute atomic E-state index is 0.0208. The van der Waals surface area contributed by atoms with Crippen LogP contribution in [0.1, 0.15) is 16.7 Å². The highest BCUT2D eigenvalue weighted by Gasteiger charge is 2.05. The Morgan fingerprint density at radius 2 is 1.89 bits per heavy atom. The summed E-state index contributed by atoms with van der Waals surface area (Å²) in [6, 6.07) is 13.5. The summed E-state index contributed by atoms with van der Waals surface area (Å²) in [6.45, 7) is 2.89. The third kappa shape index (κ3) is 3.34. The normalized spacial score (nSPS) is 10.5. The molecule has 0 radical (unpaired) electrons. The number of nitrogens with one attached hydrogen (secondary N) is 1. The Bertz CT molecular complexity index is 552. The minimum Gasteiger partial charge on any atom is -0.457 e. The molecule has 2 N–H and O–H groups in total. The molecule has 19 heavy (non-hydrogen) atoms. The number of benzene rings is 2. The molecule has 0 aliphatic heterocycles. The van der Waals surface area contributed by atoms with Crippen LogP contribution in [0.5, 0.6) is 11.5 Å². The monoisotopic (exact) mass is 257 g/mol. The molecule has 0 amide bonds. The van der Waals surface area contributed by atoms with Crippen LogP contribution in [0, 0.1) is 6.92 Å². The lowest BCUT2D eigenvalue weighted by atomic mass is 10.1. The Kier molecular flexibility index (Phi) is 4.55. The fourth-order valence-electron chi connectivity index (χ4n) is 1.98. The third-order valence-corrected chi connectivity index (χ3v) is 3.05. The smallest absolute Gasteiger partial charge is 0.132 e. The molecule has 3 heteroatoms. The Morgan fingerprint density at radius 3 is 2.58 bits per heavy atom. The van der Waals surface area contributed by atoms with E-state index >= 15 is 0 Å². The molecule has 0 aliphatic rings. The molecule has 0 atom stereocenters. The van der Waals surface area contributed by atoms with Crippen molar-refractivity contribution in [1.29, 1.82) is 0 Å². The first-order valence-corrected chi connectivity index (χ1v) is 6.35. The van der Waals surface area contributed by atoms with E-state index in [1.54, 1.807) is 0 Å². The SMILES string of the molecule is CNCc1ccc(Oc2ccccc2CO)cc1C. The summed E-state index contributed by atoms with van der Waals surface area (Å²) >= 11 is 0. The summed E-state index contributed by atoms with van der Waals surface area (Å²) in [5.41, 5.74) is 3.23. The highest BCUT2D eigenvalue weighted by Crippen LogP contribution is 2.26. The van der Waals surface area contributed by atoms with Crippen molar-refractivity contribution in [2.24, 2.45) is 0 Å². The lowest BCUT2D eigenvalue weighted by Gasteiger charge is -2.12.